The van der Waals surface area contributed by atoms with Gasteiger partial charge in [-0.15, -0.1) is 0 Å². The van der Waals surface area contributed by atoms with E-state index in [9.17, 15) is 9.18 Å². The summed E-state index contributed by atoms with van der Waals surface area (Å²) in [6.45, 7) is 1.61. The van der Waals surface area contributed by atoms with E-state index < -0.39 is 11.8 Å². The van der Waals surface area contributed by atoms with Gasteiger partial charge in [-0.2, -0.15) is 4.37 Å². The van der Waals surface area contributed by atoms with Crippen molar-refractivity contribution in [2.24, 2.45) is 0 Å². The van der Waals surface area contributed by atoms with Crippen molar-refractivity contribution in [2.45, 2.75) is 6.92 Å². The van der Waals surface area contributed by atoms with Crippen LogP contribution in [0.2, 0.25) is 0 Å². The minimum atomic E-state index is -1.07. The number of carboxylic acid groups (broad SMARTS) is 1. The summed E-state index contributed by atoms with van der Waals surface area (Å²) in [6, 6.07) is 1.23. The first kappa shape index (κ1) is 11.5. The second-order valence-corrected chi connectivity index (χ2v) is 4.07. The van der Waals surface area contributed by atoms with Crippen molar-refractivity contribution < 1.29 is 14.3 Å². The second-order valence-electron chi connectivity index (χ2n) is 3.29. The van der Waals surface area contributed by atoms with Gasteiger partial charge in [0.25, 0.3) is 0 Å². The Labute approximate surface area is 100 Å². The van der Waals surface area contributed by atoms with Crippen LogP contribution in [-0.2, 0) is 0 Å². The summed E-state index contributed by atoms with van der Waals surface area (Å²) >= 11 is 1.01. The van der Waals surface area contributed by atoms with Crippen LogP contribution in [0.1, 0.15) is 16.1 Å². The average Bonchev–Trinajstić information content (AvgIpc) is 2.59. The highest BCUT2D eigenvalue weighted by Crippen LogP contribution is 2.27. The Kier molecular flexibility index (Phi) is 3.01. The van der Waals surface area contributed by atoms with Gasteiger partial charge in [-0.3, -0.25) is 4.98 Å². The number of aromatic carboxylic acids is 1. The molecule has 0 atom stereocenters. The van der Waals surface area contributed by atoms with Crippen LogP contribution in [0.15, 0.2) is 18.5 Å². The van der Waals surface area contributed by atoms with Gasteiger partial charge in [-0.25, -0.2) is 9.18 Å². The van der Waals surface area contributed by atoms with Gasteiger partial charge in [0.1, 0.15) is 16.4 Å². The summed E-state index contributed by atoms with van der Waals surface area (Å²) in [6.07, 6.45) is 2.48. The van der Waals surface area contributed by atoms with Crippen molar-refractivity contribution in [3.63, 3.8) is 0 Å². The van der Waals surface area contributed by atoms with Gasteiger partial charge in [0, 0.05) is 6.07 Å². The first-order valence-corrected chi connectivity index (χ1v) is 5.42. The molecule has 0 saturated heterocycles. The van der Waals surface area contributed by atoms with Gasteiger partial charge >= 0.3 is 5.97 Å². The van der Waals surface area contributed by atoms with Gasteiger partial charge < -0.3 is 10.4 Å². The number of hydrogen-bond donors (Lipinski definition) is 2. The molecule has 0 unspecified atom stereocenters. The van der Waals surface area contributed by atoms with Crippen molar-refractivity contribution in [1.29, 1.82) is 0 Å². The van der Waals surface area contributed by atoms with E-state index in [2.05, 4.69) is 14.7 Å². The third kappa shape index (κ3) is 2.39. The second kappa shape index (κ2) is 4.46. The van der Waals surface area contributed by atoms with Crippen molar-refractivity contribution >= 4 is 28.2 Å². The fourth-order valence-electron chi connectivity index (χ4n) is 1.32. The van der Waals surface area contributed by atoms with Gasteiger partial charge in [-0.1, -0.05) is 0 Å². The molecule has 17 heavy (non-hydrogen) atoms. The first-order valence-electron chi connectivity index (χ1n) is 4.65. The molecule has 88 valence electrons. The van der Waals surface area contributed by atoms with Gasteiger partial charge in [0.15, 0.2) is 0 Å². The van der Waals surface area contributed by atoms with Crippen molar-refractivity contribution in [1.82, 2.24) is 9.36 Å². The molecule has 0 aromatic carbocycles. The highest BCUT2D eigenvalue weighted by Gasteiger charge is 2.17. The van der Waals surface area contributed by atoms with Crippen LogP contribution in [0.3, 0.4) is 0 Å². The molecule has 2 N–H and O–H groups in total. The average molecular weight is 253 g/mol. The quantitative estimate of drug-likeness (QED) is 0.878. The molecule has 2 rings (SSSR count). The van der Waals surface area contributed by atoms with Crippen LogP contribution in [0.5, 0.6) is 0 Å². The summed E-state index contributed by atoms with van der Waals surface area (Å²) in [5.74, 6) is -1.56. The smallest absolute Gasteiger partial charge is 0.340 e. The molecule has 0 fully saturated rings. The maximum absolute atomic E-state index is 12.9. The molecule has 2 aromatic heterocycles. The lowest BCUT2D eigenvalue weighted by Crippen LogP contribution is -2.01. The molecule has 7 heteroatoms. The molecule has 0 aliphatic rings. The predicted molar refractivity (Wildman–Crippen MR) is 61.3 cm³/mol. The molecular weight excluding hydrogens is 245 g/mol. The molecule has 0 amide bonds. The monoisotopic (exact) mass is 253 g/mol. The summed E-state index contributed by atoms with van der Waals surface area (Å²) in [5.41, 5.74) is 0.907. The zero-order valence-corrected chi connectivity index (χ0v) is 9.58. The summed E-state index contributed by atoms with van der Waals surface area (Å²) in [4.78, 5) is 14.7. The first-order chi connectivity index (χ1) is 8.08. The standard InChI is InChI=1S/C10H8FN3O2S/c1-5-8(10(15)16)9(17-14-5)13-7-2-6(11)3-12-4-7/h2-4,13H,1H3,(H,15,16). The number of rotatable bonds is 3. The number of nitrogens with zero attached hydrogens (tertiary/aromatic N) is 2. The number of halogens is 1. The lowest BCUT2D eigenvalue weighted by Gasteiger charge is -2.03. The van der Waals surface area contributed by atoms with Crippen molar-refractivity contribution in [2.75, 3.05) is 5.32 Å². The molecule has 0 bridgehead atoms. The number of hydrogen-bond acceptors (Lipinski definition) is 5. The third-order valence-electron chi connectivity index (χ3n) is 2.04. The van der Waals surface area contributed by atoms with E-state index in [1.54, 1.807) is 6.92 Å². The Bertz CT molecular complexity index is 570. The molecular formula is C10H8FN3O2S. The van der Waals surface area contributed by atoms with Crippen LogP contribution < -0.4 is 5.32 Å². The van der Waals surface area contributed by atoms with E-state index in [1.165, 1.54) is 12.3 Å². The number of aryl methyl sites for hydroxylation is 1. The number of carbonyl (C=O) groups is 1. The highest BCUT2D eigenvalue weighted by molar-refractivity contribution is 7.10. The van der Waals surface area contributed by atoms with E-state index >= 15 is 0 Å². The molecule has 0 radical (unpaired) electrons. The van der Waals surface area contributed by atoms with E-state index in [1.807, 2.05) is 0 Å². The van der Waals surface area contributed by atoms with Gasteiger partial charge in [-0.05, 0) is 18.5 Å². The fourth-order valence-corrected chi connectivity index (χ4v) is 2.13. The van der Waals surface area contributed by atoms with E-state index in [4.69, 9.17) is 5.11 Å². The molecule has 0 aliphatic carbocycles. The Morgan fingerprint density at radius 3 is 2.94 bits per heavy atom. The van der Waals surface area contributed by atoms with E-state index in [-0.39, 0.29) is 5.56 Å². The predicted octanol–water partition coefficient (Wildman–Crippen LogP) is 2.43. The molecule has 2 heterocycles. The number of carboxylic acids is 1. The molecule has 0 aliphatic heterocycles. The zero-order valence-electron chi connectivity index (χ0n) is 8.77. The normalized spacial score (nSPS) is 10.2. The topological polar surface area (TPSA) is 75.1 Å². The lowest BCUT2D eigenvalue weighted by atomic mass is 10.2. The maximum Gasteiger partial charge on any atom is 0.340 e. The van der Waals surface area contributed by atoms with E-state index in [0.717, 1.165) is 17.7 Å². The Morgan fingerprint density at radius 2 is 2.29 bits per heavy atom. The third-order valence-corrected chi connectivity index (χ3v) is 2.89. The lowest BCUT2D eigenvalue weighted by molar-refractivity contribution is 0.0697. The molecule has 0 saturated carbocycles. The minimum absolute atomic E-state index is 0.0965. The maximum atomic E-state index is 12.9. The Balaban J connectivity index is 2.33. The number of pyridine rings is 1. The summed E-state index contributed by atoms with van der Waals surface area (Å²) in [7, 11) is 0. The molecule has 2 aromatic rings. The van der Waals surface area contributed by atoms with Crippen LogP contribution in [-0.4, -0.2) is 20.4 Å². The minimum Gasteiger partial charge on any atom is -0.478 e. The van der Waals surface area contributed by atoms with Crippen LogP contribution >= 0.6 is 11.5 Å². The summed E-state index contributed by atoms with van der Waals surface area (Å²) in [5, 5.41) is 12.2. The Morgan fingerprint density at radius 1 is 1.53 bits per heavy atom. The molecule has 0 spiro atoms. The fraction of sp³-hybridized carbons (Fsp3) is 0.100. The SMILES string of the molecule is Cc1nsc(Nc2cncc(F)c2)c1C(=O)O. The van der Waals surface area contributed by atoms with Crippen LogP contribution in [0, 0.1) is 12.7 Å². The number of anilines is 2. The molecule has 5 nitrogen and oxygen atoms in total. The summed E-state index contributed by atoms with van der Waals surface area (Å²) < 4.78 is 16.8. The highest BCUT2D eigenvalue weighted by atomic mass is 32.1. The van der Waals surface area contributed by atoms with Crippen molar-refractivity contribution in [3.05, 3.63) is 35.5 Å². The Hall–Kier alpha value is -2.02. The van der Waals surface area contributed by atoms with Gasteiger partial charge in [0.2, 0.25) is 0 Å². The van der Waals surface area contributed by atoms with Crippen molar-refractivity contribution in [3.8, 4) is 0 Å². The number of aromatic nitrogens is 2. The largest absolute Gasteiger partial charge is 0.478 e. The van der Waals surface area contributed by atoms with Crippen LogP contribution in [0.25, 0.3) is 0 Å². The van der Waals surface area contributed by atoms with Crippen LogP contribution in [0.4, 0.5) is 15.1 Å². The van der Waals surface area contributed by atoms with Gasteiger partial charge in [0.05, 0.1) is 23.8 Å². The zero-order chi connectivity index (χ0) is 12.4. The van der Waals surface area contributed by atoms with E-state index in [0.29, 0.717) is 16.4 Å². The number of nitrogens with one attached hydrogen (secondary N) is 1.